The highest BCUT2D eigenvalue weighted by Gasteiger charge is 2.36. The van der Waals surface area contributed by atoms with Crippen LogP contribution in [0.2, 0.25) is 0 Å². The number of fused-ring (bicyclic) bond motifs is 1. The molecule has 0 aromatic heterocycles. The number of rotatable bonds is 4. The highest BCUT2D eigenvalue weighted by Crippen LogP contribution is 2.31. The van der Waals surface area contributed by atoms with Gasteiger partial charge in [-0.1, -0.05) is 42.5 Å². The molecular weight excluding hydrogens is 258 g/mol. The number of ether oxygens (including phenoxy) is 1. The molecule has 1 heterocycles. The third kappa shape index (κ3) is 2.97. The van der Waals surface area contributed by atoms with E-state index in [1.165, 1.54) is 29.2 Å². The van der Waals surface area contributed by atoms with Crippen molar-refractivity contribution in [2.45, 2.75) is 44.2 Å². The van der Waals surface area contributed by atoms with Crippen molar-refractivity contribution in [3.63, 3.8) is 0 Å². The van der Waals surface area contributed by atoms with Crippen LogP contribution >= 0.6 is 0 Å². The van der Waals surface area contributed by atoms with E-state index >= 15 is 0 Å². The first kappa shape index (κ1) is 14.6. The van der Waals surface area contributed by atoms with Crippen molar-refractivity contribution in [3.05, 3.63) is 48.0 Å². The molecule has 0 bridgehead atoms. The first-order valence-electron chi connectivity index (χ1n) is 8.01. The van der Waals surface area contributed by atoms with Crippen LogP contribution in [-0.4, -0.2) is 25.3 Å². The van der Waals surface area contributed by atoms with Crippen LogP contribution in [0.3, 0.4) is 0 Å². The van der Waals surface area contributed by atoms with Crippen molar-refractivity contribution in [3.8, 4) is 0 Å². The Morgan fingerprint density at radius 1 is 1.14 bits per heavy atom. The Balaban J connectivity index is 1.89. The summed E-state index contributed by atoms with van der Waals surface area (Å²) in [6.07, 6.45) is 4.61. The molecule has 1 aliphatic heterocycles. The molecule has 0 spiro atoms. The van der Waals surface area contributed by atoms with Crippen molar-refractivity contribution in [2.75, 3.05) is 13.7 Å². The fraction of sp³-hybridized carbons (Fsp3) is 0.474. The first-order chi connectivity index (χ1) is 10.2. The minimum Gasteiger partial charge on any atom is -0.374 e. The van der Waals surface area contributed by atoms with Crippen LogP contribution in [0.1, 0.15) is 31.7 Å². The topological polar surface area (TPSA) is 21.3 Å². The largest absolute Gasteiger partial charge is 0.374 e. The normalized spacial score (nSPS) is 24.1. The molecule has 21 heavy (non-hydrogen) atoms. The molecule has 3 rings (SSSR count). The van der Waals surface area contributed by atoms with E-state index in [1.807, 2.05) is 0 Å². The Hall–Kier alpha value is -1.38. The van der Waals surface area contributed by atoms with Crippen LogP contribution in [0.25, 0.3) is 10.8 Å². The third-order valence-corrected chi connectivity index (χ3v) is 4.89. The van der Waals surface area contributed by atoms with E-state index in [4.69, 9.17) is 4.74 Å². The van der Waals surface area contributed by atoms with Crippen molar-refractivity contribution in [1.82, 2.24) is 5.32 Å². The summed E-state index contributed by atoms with van der Waals surface area (Å²) in [5.41, 5.74) is 1.35. The summed E-state index contributed by atoms with van der Waals surface area (Å²) in [5, 5.41) is 6.18. The molecule has 0 radical (unpaired) electrons. The van der Waals surface area contributed by atoms with Gasteiger partial charge >= 0.3 is 0 Å². The lowest BCUT2D eigenvalue weighted by Gasteiger charge is -2.40. The van der Waals surface area contributed by atoms with Crippen molar-refractivity contribution in [1.29, 1.82) is 0 Å². The Morgan fingerprint density at radius 3 is 2.71 bits per heavy atom. The number of hydrogen-bond donors (Lipinski definition) is 1. The van der Waals surface area contributed by atoms with E-state index in [1.54, 1.807) is 0 Å². The Morgan fingerprint density at radius 2 is 1.95 bits per heavy atom. The monoisotopic (exact) mass is 283 g/mol. The van der Waals surface area contributed by atoms with Gasteiger partial charge in [0, 0.05) is 12.6 Å². The van der Waals surface area contributed by atoms with Gasteiger partial charge in [0.05, 0.1) is 5.60 Å². The molecular formula is C19H25NO. The molecule has 1 N–H and O–H groups in total. The van der Waals surface area contributed by atoms with Crippen LogP contribution < -0.4 is 5.32 Å². The van der Waals surface area contributed by atoms with Gasteiger partial charge in [0.15, 0.2) is 0 Å². The third-order valence-electron chi connectivity index (χ3n) is 4.89. The Bertz CT molecular complexity index is 596. The molecule has 1 fully saturated rings. The fourth-order valence-corrected chi connectivity index (χ4v) is 3.54. The molecule has 1 aliphatic rings. The van der Waals surface area contributed by atoms with Gasteiger partial charge in [-0.05, 0) is 56.0 Å². The number of benzene rings is 2. The van der Waals surface area contributed by atoms with E-state index < -0.39 is 0 Å². The first-order valence-corrected chi connectivity index (χ1v) is 8.01. The quantitative estimate of drug-likeness (QED) is 0.918. The average Bonchev–Trinajstić information content (AvgIpc) is 2.53. The van der Waals surface area contributed by atoms with Crippen LogP contribution in [-0.2, 0) is 11.2 Å². The second-order valence-corrected chi connectivity index (χ2v) is 6.30. The smallest absolute Gasteiger partial charge is 0.0809 e. The molecule has 2 atom stereocenters. The molecule has 2 aromatic carbocycles. The average molecular weight is 283 g/mol. The molecule has 1 saturated heterocycles. The van der Waals surface area contributed by atoms with E-state index in [-0.39, 0.29) is 5.60 Å². The second-order valence-electron chi connectivity index (χ2n) is 6.30. The second kappa shape index (κ2) is 6.17. The van der Waals surface area contributed by atoms with Crippen LogP contribution in [0.4, 0.5) is 0 Å². The summed E-state index contributed by atoms with van der Waals surface area (Å²) in [5.74, 6) is 0. The minimum absolute atomic E-state index is 0.0516. The molecule has 2 unspecified atom stereocenters. The van der Waals surface area contributed by atoms with Crippen LogP contribution in [0.15, 0.2) is 42.5 Å². The van der Waals surface area contributed by atoms with Gasteiger partial charge in [-0.15, -0.1) is 0 Å². The maximum absolute atomic E-state index is 6.14. The molecule has 2 aromatic rings. The van der Waals surface area contributed by atoms with Gasteiger partial charge in [0.1, 0.15) is 0 Å². The summed E-state index contributed by atoms with van der Waals surface area (Å²) in [6.45, 7) is 3.16. The molecule has 0 amide bonds. The van der Waals surface area contributed by atoms with E-state index in [0.29, 0.717) is 6.04 Å². The van der Waals surface area contributed by atoms with Gasteiger partial charge in [-0.25, -0.2) is 0 Å². The highest BCUT2D eigenvalue weighted by molar-refractivity contribution is 5.85. The van der Waals surface area contributed by atoms with E-state index in [0.717, 1.165) is 19.4 Å². The summed E-state index contributed by atoms with van der Waals surface area (Å²) in [4.78, 5) is 0. The Labute approximate surface area is 127 Å². The van der Waals surface area contributed by atoms with Gasteiger partial charge in [-0.2, -0.15) is 0 Å². The van der Waals surface area contributed by atoms with Crippen LogP contribution in [0, 0.1) is 0 Å². The van der Waals surface area contributed by atoms with Gasteiger partial charge in [0.25, 0.3) is 0 Å². The van der Waals surface area contributed by atoms with E-state index in [9.17, 15) is 0 Å². The predicted octanol–water partition coefficient (Wildman–Crippen LogP) is 3.93. The highest BCUT2D eigenvalue weighted by atomic mass is 16.5. The lowest BCUT2D eigenvalue weighted by atomic mass is 9.84. The SMILES string of the molecule is CNC(Cc1cccc2ccccc12)C1(C)CCCCO1. The van der Waals surface area contributed by atoms with Crippen LogP contribution in [0.5, 0.6) is 0 Å². The summed E-state index contributed by atoms with van der Waals surface area (Å²) in [7, 11) is 2.05. The molecule has 0 aliphatic carbocycles. The molecule has 112 valence electrons. The summed E-state index contributed by atoms with van der Waals surface area (Å²) >= 11 is 0. The lowest BCUT2D eigenvalue weighted by molar-refractivity contribution is -0.0870. The zero-order valence-corrected chi connectivity index (χ0v) is 13.1. The van der Waals surface area contributed by atoms with Crippen molar-refractivity contribution < 1.29 is 4.74 Å². The van der Waals surface area contributed by atoms with E-state index in [2.05, 4.69) is 61.8 Å². The maximum atomic E-state index is 6.14. The summed E-state index contributed by atoms with van der Waals surface area (Å²) in [6, 6.07) is 15.6. The maximum Gasteiger partial charge on any atom is 0.0809 e. The summed E-state index contributed by atoms with van der Waals surface area (Å²) < 4.78 is 6.14. The standard InChI is InChI=1S/C19H25NO/c1-19(12-5-6-13-21-19)18(20-2)14-16-10-7-9-15-8-3-4-11-17(15)16/h3-4,7-11,18,20H,5-6,12-14H2,1-2H3. The zero-order chi connectivity index (χ0) is 14.7. The predicted molar refractivity (Wildman–Crippen MR) is 88.7 cm³/mol. The van der Waals surface area contributed by atoms with Gasteiger partial charge < -0.3 is 10.1 Å². The minimum atomic E-state index is -0.0516. The van der Waals surface area contributed by atoms with Gasteiger partial charge in [-0.3, -0.25) is 0 Å². The molecule has 2 heteroatoms. The van der Waals surface area contributed by atoms with Gasteiger partial charge in [0.2, 0.25) is 0 Å². The molecule has 0 saturated carbocycles. The number of nitrogens with one attached hydrogen (secondary N) is 1. The van der Waals surface area contributed by atoms with Crippen molar-refractivity contribution >= 4 is 10.8 Å². The van der Waals surface area contributed by atoms with Crippen molar-refractivity contribution in [2.24, 2.45) is 0 Å². The Kier molecular flexibility index (Phi) is 4.27. The number of hydrogen-bond acceptors (Lipinski definition) is 2. The molecule has 2 nitrogen and oxygen atoms in total. The lowest BCUT2D eigenvalue weighted by Crippen LogP contribution is -2.52. The number of likely N-dealkylation sites (N-methyl/N-ethyl adjacent to an activating group) is 1. The zero-order valence-electron chi connectivity index (χ0n) is 13.1. The fourth-order valence-electron chi connectivity index (χ4n) is 3.54.